The topological polar surface area (TPSA) is 90.2 Å². The fourth-order valence-corrected chi connectivity index (χ4v) is 10.6. The number of aromatic nitrogens is 7. The van der Waals surface area contributed by atoms with Gasteiger partial charge in [0.05, 0.1) is 5.69 Å². The van der Waals surface area contributed by atoms with Crippen molar-refractivity contribution in [3.8, 4) is 90.7 Å². The Hall–Kier alpha value is -7.51. The quantitative estimate of drug-likeness (QED) is 0.158. The summed E-state index contributed by atoms with van der Waals surface area (Å²) in [5, 5.41) is 0. The van der Waals surface area contributed by atoms with Crippen molar-refractivity contribution >= 4 is 0 Å². The Morgan fingerprint density at radius 1 is 0.302 bits per heavy atom. The number of rotatable bonds is 7. The Morgan fingerprint density at radius 3 is 1.06 bits per heavy atom. The lowest BCUT2D eigenvalue weighted by atomic mass is 9.63. The monoisotopic (exact) mass is 813 g/mol. The summed E-state index contributed by atoms with van der Waals surface area (Å²) in [5.74, 6) is 6.36. The van der Waals surface area contributed by atoms with E-state index >= 15 is 0 Å². The molecule has 0 radical (unpaired) electrons. The van der Waals surface area contributed by atoms with Gasteiger partial charge in [0, 0.05) is 45.1 Å². The molecule has 2 saturated carbocycles. The van der Waals surface area contributed by atoms with E-state index in [1.165, 1.54) is 54.4 Å². The zero-order chi connectivity index (χ0) is 41.7. The number of benzene rings is 6. The highest BCUT2D eigenvalue weighted by atomic mass is 15.0. The van der Waals surface area contributed by atoms with Crippen LogP contribution >= 0.6 is 0 Å². The highest BCUT2D eigenvalue weighted by molar-refractivity contribution is 5.80. The summed E-state index contributed by atoms with van der Waals surface area (Å²) in [7, 11) is 0. The molecular weight excluding hydrogens is 771 g/mol. The Kier molecular flexibility index (Phi) is 9.32. The molecule has 0 aliphatic heterocycles. The van der Waals surface area contributed by atoms with Gasteiger partial charge < -0.3 is 0 Å². The molecule has 7 nitrogen and oxygen atoms in total. The van der Waals surface area contributed by atoms with Gasteiger partial charge in [-0.1, -0.05) is 146 Å². The van der Waals surface area contributed by atoms with Crippen LogP contribution in [0.5, 0.6) is 0 Å². The molecule has 7 heteroatoms. The van der Waals surface area contributed by atoms with Crippen LogP contribution in [0.2, 0.25) is 0 Å². The van der Waals surface area contributed by atoms with Crippen molar-refractivity contribution in [1.82, 2.24) is 34.9 Å². The molecule has 302 valence electrons. The van der Waals surface area contributed by atoms with Gasteiger partial charge in [-0.05, 0) is 102 Å². The van der Waals surface area contributed by atoms with E-state index < -0.39 is 0 Å². The van der Waals surface area contributed by atoms with Gasteiger partial charge >= 0.3 is 0 Å². The van der Waals surface area contributed by atoms with E-state index in [2.05, 4.69) is 66.7 Å². The first-order valence-corrected chi connectivity index (χ1v) is 22.1. The molecule has 63 heavy (non-hydrogen) atoms. The van der Waals surface area contributed by atoms with Crippen molar-refractivity contribution in [3.05, 3.63) is 187 Å². The van der Waals surface area contributed by atoms with Gasteiger partial charge in [-0.3, -0.25) is 4.98 Å². The molecule has 0 N–H and O–H groups in total. The third-order valence-electron chi connectivity index (χ3n) is 13.4. The van der Waals surface area contributed by atoms with Crippen LogP contribution in [0, 0.1) is 11.8 Å². The molecule has 4 aliphatic rings. The summed E-state index contributed by atoms with van der Waals surface area (Å²) in [4.78, 5) is 35.2. The van der Waals surface area contributed by atoms with Crippen molar-refractivity contribution in [2.24, 2.45) is 11.8 Å². The number of pyridine rings is 1. The SMILES string of the molecule is c1ccc(-c2nc(-c3ccccc3)nc(-c3ccnc(-c4ccc5c(c4)C4CC6CC(C4)CC(C6)c4cc(-c6nc(-c7ccccc7)nc(-c7ccccc7)n6)ccc4-5)c3)n2)cc1. The van der Waals surface area contributed by atoms with Crippen molar-refractivity contribution < 1.29 is 0 Å². The first-order chi connectivity index (χ1) is 31.1. The van der Waals surface area contributed by atoms with Crippen molar-refractivity contribution in [2.75, 3.05) is 0 Å². The van der Waals surface area contributed by atoms with Gasteiger partial charge in [-0.25, -0.2) is 29.9 Å². The molecule has 0 spiro atoms. The van der Waals surface area contributed by atoms with E-state index in [9.17, 15) is 0 Å². The lowest BCUT2D eigenvalue weighted by Crippen LogP contribution is -2.29. The number of hydrogen-bond donors (Lipinski definition) is 0. The van der Waals surface area contributed by atoms with E-state index in [4.69, 9.17) is 34.9 Å². The molecule has 2 unspecified atom stereocenters. The second-order valence-electron chi connectivity index (χ2n) is 17.4. The fraction of sp³-hybridized carbons (Fsp3) is 0.161. The molecule has 3 heterocycles. The summed E-state index contributed by atoms with van der Waals surface area (Å²) < 4.78 is 0. The highest BCUT2D eigenvalue weighted by Crippen LogP contribution is 2.56. The second kappa shape index (κ2) is 15.8. The third-order valence-corrected chi connectivity index (χ3v) is 13.4. The first kappa shape index (κ1) is 37.3. The van der Waals surface area contributed by atoms with Gasteiger partial charge in [-0.15, -0.1) is 0 Å². The predicted octanol–water partition coefficient (Wildman–Crippen LogP) is 13.2. The molecular formula is C56H43N7. The largest absolute Gasteiger partial charge is 0.256 e. The van der Waals surface area contributed by atoms with Crippen molar-refractivity contribution in [2.45, 2.75) is 43.9 Å². The number of nitrogens with zero attached hydrogens (tertiary/aromatic N) is 7. The smallest absolute Gasteiger partial charge is 0.164 e. The van der Waals surface area contributed by atoms with Crippen LogP contribution in [-0.2, 0) is 0 Å². The van der Waals surface area contributed by atoms with E-state index in [0.29, 0.717) is 58.6 Å². The van der Waals surface area contributed by atoms with Crippen LogP contribution in [0.4, 0.5) is 0 Å². The zero-order valence-electron chi connectivity index (χ0n) is 34.7. The van der Waals surface area contributed by atoms with Gasteiger partial charge in [0.15, 0.2) is 34.9 Å². The lowest BCUT2D eigenvalue weighted by molar-refractivity contribution is 0.153. The van der Waals surface area contributed by atoms with Crippen LogP contribution in [0.3, 0.4) is 0 Å². The van der Waals surface area contributed by atoms with Crippen LogP contribution in [-0.4, -0.2) is 34.9 Å². The molecule has 6 aromatic carbocycles. The summed E-state index contributed by atoms with van der Waals surface area (Å²) in [5.41, 5.74) is 13.3. The molecule has 3 aromatic heterocycles. The molecule has 0 saturated heterocycles. The van der Waals surface area contributed by atoms with E-state index in [1.807, 2.05) is 109 Å². The normalized spacial score (nSPS) is 18.5. The molecule has 13 rings (SSSR count). The summed E-state index contributed by atoms with van der Waals surface area (Å²) >= 11 is 0. The van der Waals surface area contributed by atoms with Gasteiger partial charge in [0.1, 0.15) is 0 Å². The van der Waals surface area contributed by atoms with E-state index in [-0.39, 0.29) is 0 Å². The summed E-state index contributed by atoms with van der Waals surface area (Å²) in [6.07, 6.45) is 8.10. The van der Waals surface area contributed by atoms with E-state index in [1.54, 1.807) is 0 Å². The molecule has 0 amide bonds. The Balaban J connectivity index is 0.960. The molecule has 2 fully saturated rings. The first-order valence-electron chi connectivity index (χ1n) is 22.1. The van der Waals surface area contributed by atoms with Gasteiger partial charge in [-0.2, -0.15) is 0 Å². The average molecular weight is 814 g/mol. The highest BCUT2D eigenvalue weighted by Gasteiger charge is 2.40. The summed E-state index contributed by atoms with van der Waals surface area (Å²) in [6.45, 7) is 0. The standard InChI is InChI=1S/C56H43N7/c1-5-13-37(14-6-1)51-58-52(38-15-7-2-8-16-38)61-55(60-51)42-22-24-47-46-23-21-41(32-48(46)44-28-35-27-36(29-44)31-45(30-35)49(47)33-42)50-34-43(25-26-57-50)56-62-53(39-17-9-3-10-18-39)59-54(63-56)40-19-11-4-12-20-40/h1-26,32-36,44-45H,27-31H2. The van der Waals surface area contributed by atoms with Crippen LogP contribution in [0.1, 0.15) is 55.1 Å². The molecule has 4 aliphatic carbocycles. The van der Waals surface area contributed by atoms with Crippen LogP contribution in [0.15, 0.2) is 176 Å². The average Bonchev–Trinajstić information content (AvgIpc) is 3.42. The minimum Gasteiger partial charge on any atom is -0.256 e. The fourth-order valence-electron chi connectivity index (χ4n) is 10.6. The predicted molar refractivity (Wildman–Crippen MR) is 250 cm³/mol. The molecule has 2 atom stereocenters. The molecule has 4 bridgehead atoms. The maximum atomic E-state index is 5.13. The van der Waals surface area contributed by atoms with Crippen LogP contribution in [0.25, 0.3) is 90.7 Å². The Labute approximate surface area is 367 Å². The maximum absolute atomic E-state index is 5.13. The summed E-state index contributed by atoms with van der Waals surface area (Å²) in [6, 6.07) is 58.9. The molecule has 9 aromatic rings. The van der Waals surface area contributed by atoms with Gasteiger partial charge in [0.25, 0.3) is 0 Å². The van der Waals surface area contributed by atoms with Gasteiger partial charge in [0.2, 0.25) is 0 Å². The lowest BCUT2D eigenvalue weighted by Gasteiger charge is -2.42. The van der Waals surface area contributed by atoms with Crippen LogP contribution < -0.4 is 0 Å². The maximum Gasteiger partial charge on any atom is 0.164 e. The minimum atomic E-state index is 0.486. The number of hydrogen-bond acceptors (Lipinski definition) is 7. The van der Waals surface area contributed by atoms with Crippen molar-refractivity contribution in [1.29, 1.82) is 0 Å². The Morgan fingerprint density at radius 2 is 0.651 bits per heavy atom. The third kappa shape index (κ3) is 7.19. The Bertz CT molecular complexity index is 2990. The zero-order valence-corrected chi connectivity index (χ0v) is 34.7. The second-order valence-corrected chi connectivity index (χ2v) is 17.4. The van der Waals surface area contributed by atoms with Crippen molar-refractivity contribution in [3.63, 3.8) is 0 Å². The minimum absolute atomic E-state index is 0.486. The van der Waals surface area contributed by atoms with E-state index in [0.717, 1.165) is 44.6 Å².